The highest BCUT2D eigenvalue weighted by atomic mass is 35.5. The fourth-order valence-corrected chi connectivity index (χ4v) is 3.27. The predicted molar refractivity (Wildman–Crippen MR) is 86.7 cm³/mol. The van der Waals surface area contributed by atoms with Crippen LogP contribution in [0.3, 0.4) is 0 Å². The number of ketones is 1. The van der Waals surface area contributed by atoms with Gasteiger partial charge >= 0.3 is 0 Å². The lowest BCUT2D eigenvalue weighted by atomic mass is 9.59. The smallest absolute Gasteiger partial charge is 0.191 e. The van der Waals surface area contributed by atoms with Crippen LogP contribution in [0, 0.1) is 0 Å². The van der Waals surface area contributed by atoms with Gasteiger partial charge in [0.2, 0.25) is 0 Å². The SMILES string of the molecule is COC1CC(C(=O)c2ccccn2)(c2ccc(Cl)c(Cl)c2)C1. The van der Waals surface area contributed by atoms with Gasteiger partial charge in [0.1, 0.15) is 5.69 Å². The largest absolute Gasteiger partial charge is 0.381 e. The number of carbonyl (C=O) groups excluding carboxylic acids is 1. The van der Waals surface area contributed by atoms with Crippen molar-refractivity contribution in [2.45, 2.75) is 24.4 Å². The Morgan fingerprint density at radius 1 is 1.23 bits per heavy atom. The average molecular weight is 336 g/mol. The van der Waals surface area contributed by atoms with Gasteiger partial charge in [-0.2, -0.15) is 0 Å². The normalized spacial score (nSPS) is 23.9. The summed E-state index contributed by atoms with van der Waals surface area (Å²) in [5, 5.41) is 0.932. The summed E-state index contributed by atoms with van der Waals surface area (Å²) in [4.78, 5) is 17.2. The number of aromatic nitrogens is 1. The first kappa shape index (κ1) is 15.5. The van der Waals surface area contributed by atoms with E-state index in [0.717, 1.165) is 5.56 Å². The number of benzene rings is 1. The second-order valence-corrected chi connectivity index (χ2v) is 6.34. The molecule has 1 heterocycles. The molecule has 0 unspecified atom stereocenters. The van der Waals surface area contributed by atoms with Crippen molar-refractivity contribution < 1.29 is 9.53 Å². The van der Waals surface area contributed by atoms with Crippen LogP contribution in [0.4, 0.5) is 0 Å². The molecule has 0 N–H and O–H groups in total. The first-order valence-electron chi connectivity index (χ1n) is 7.01. The van der Waals surface area contributed by atoms with Crippen LogP contribution >= 0.6 is 23.2 Å². The van der Waals surface area contributed by atoms with Crippen LogP contribution in [-0.4, -0.2) is 24.0 Å². The van der Waals surface area contributed by atoms with E-state index in [1.165, 1.54) is 0 Å². The highest BCUT2D eigenvalue weighted by molar-refractivity contribution is 6.42. The third kappa shape index (κ3) is 2.54. The third-order valence-electron chi connectivity index (χ3n) is 4.29. The molecule has 0 bridgehead atoms. The first-order chi connectivity index (χ1) is 10.6. The minimum atomic E-state index is -0.636. The number of pyridine rings is 1. The lowest BCUT2D eigenvalue weighted by molar-refractivity contribution is -0.0111. The molecule has 3 rings (SSSR count). The van der Waals surface area contributed by atoms with Gasteiger partial charge in [-0.15, -0.1) is 0 Å². The summed E-state index contributed by atoms with van der Waals surface area (Å²) in [6.07, 6.45) is 2.94. The first-order valence-corrected chi connectivity index (χ1v) is 7.76. The Balaban J connectivity index is 2.02. The van der Waals surface area contributed by atoms with Crippen LogP contribution < -0.4 is 0 Å². The topological polar surface area (TPSA) is 39.2 Å². The fourth-order valence-electron chi connectivity index (χ4n) is 2.97. The molecule has 1 saturated carbocycles. The molecule has 0 amide bonds. The van der Waals surface area contributed by atoms with Gasteiger partial charge in [-0.25, -0.2) is 0 Å². The van der Waals surface area contributed by atoms with Crippen molar-refractivity contribution in [2.24, 2.45) is 0 Å². The van der Waals surface area contributed by atoms with E-state index >= 15 is 0 Å². The summed E-state index contributed by atoms with van der Waals surface area (Å²) in [5.74, 6) is -0.000195. The molecule has 1 aliphatic carbocycles. The number of hydrogen-bond acceptors (Lipinski definition) is 3. The molecule has 1 aliphatic rings. The zero-order valence-corrected chi connectivity index (χ0v) is 13.6. The van der Waals surface area contributed by atoms with Crippen molar-refractivity contribution in [2.75, 3.05) is 7.11 Å². The standard InChI is InChI=1S/C17H15Cl2NO2/c1-22-12-9-17(10-12,11-5-6-13(18)14(19)8-11)16(21)15-4-2-3-7-20-15/h2-8,12H,9-10H2,1H3. The summed E-state index contributed by atoms with van der Waals surface area (Å²) >= 11 is 12.1. The van der Waals surface area contributed by atoms with Gasteiger partial charge in [0.15, 0.2) is 5.78 Å². The van der Waals surface area contributed by atoms with Gasteiger partial charge in [0, 0.05) is 13.3 Å². The van der Waals surface area contributed by atoms with Gasteiger partial charge in [-0.05, 0) is 42.7 Å². The lowest BCUT2D eigenvalue weighted by Gasteiger charge is -2.46. The van der Waals surface area contributed by atoms with Gasteiger partial charge in [0.25, 0.3) is 0 Å². The number of carbonyl (C=O) groups is 1. The number of ether oxygens (including phenoxy) is 1. The molecular weight excluding hydrogens is 321 g/mol. The Bertz CT molecular complexity index is 697. The van der Waals surface area contributed by atoms with Crippen LogP contribution in [-0.2, 0) is 10.2 Å². The molecule has 3 nitrogen and oxygen atoms in total. The summed E-state index contributed by atoms with van der Waals surface area (Å²) in [5.41, 5.74) is 0.692. The molecule has 1 fully saturated rings. The minimum Gasteiger partial charge on any atom is -0.381 e. The summed E-state index contributed by atoms with van der Waals surface area (Å²) in [6.45, 7) is 0. The maximum Gasteiger partial charge on any atom is 0.191 e. The molecule has 0 radical (unpaired) electrons. The van der Waals surface area contributed by atoms with Gasteiger partial charge in [0.05, 0.1) is 21.6 Å². The van der Waals surface area contributed by atoms with Crippen molar-refractivity contribution in [3.8, 4) is 0 Å². The monoisotopic (exact) mass is 335 g/mol. The zero-order valence-electron chi connectivity index (χ0n) is 12.1. The number of nitrogens with zero attached hydrogens (tertiary/aromatic N) is 1. The molecule has 0 atom stereocenters. The van der Waals surface area contributed by atoms with Crippen LogP contribution in [0.1, 0.15) is 28.9 Å². The Morgan fingerprint density at radius 3 is 2.59 bits per heavy atom. The van der Waals surface area contributed by atoms with E-state index < -0.39 is 5.41 Å². The molecule has 0 saturated heterocycles. The van der Waals surface area contributed by atoms with E-state index in [4.69, 9.17) is 27.9 Å². The van der Waals surface area contributed by atoms with Gasteiger partial charge < -0.3 is 4.74 Å². The Labute approximate surface area is 139 Å². The zero-order chi connectivity index (χ0) is 15.7. The van der Waals surface area contributed by atoms with Gasteiger partial charge in [-0.3, -0.25) is 9.78 Å². The average Bonchev–Trinajstić information content (AvgIpc) is 2.50. The number of methoxy groups -OCH3 is 1. The number of hydrogen-bond donors (Lipinski definition) is 0. The Morgan fingerprint density at radius 2 is 2.00 bits per heavy atom. The van der Waals surface area contributed by atoms with Crippen LogP contribution in [0.5, 0.6) is 0 Å². The van der Waals surface area contributed by atoms with Crippen molar-refractivity contribution >= 4 is 29.0 Å². The van der Waals surface area contributed by atoms with Crippen molar-refractivity contribution in [3.63, 3.8) is 0 Å². The summed E-state index contributed by atoms with van der Waals surface area (Å²) < 4.78 is 5.37. The molecular formula is C17H15Cl2NO2. The molecule has 2 aromatic rings. The van der Waals surface area contributed by atoms with Gasteiger partial charge in [-0.1, -0.05) is 35.3 Å². The quantitative estimate of drug-likeness (QED) is 0.781. The van der Waals surface area contributed by atoms with E-state index in [-0.39, 0.29) is 11.9 Å². The lowest BCUT2D eigenvalue weighted by Crippen LogP contribution is -2.51. The Hall–Kier alpha value is -1.42. The number of halogens is 2. The van der Waals surface area contributed by atoms with Crippen LogP contribution in [0.25, 0.3) is 0 Å². The van der Waals surface area contributed by atoms with Crippen LogP contribution in [0.2, 0.25) is 10.0 Å². The molecule has 5 heteroatoms. The second-order valence-electron chi connectivity index (χ2n) is 5.52. The predicted octanol–water partition coefficient (Wildman–Crippen LogP) is 4.32. The summed E-state index contributed by atoms with van der Waals surface area (Å²) in [6, 6.07) is 10.7. The minimum absolute atomic E-state index is 0.000195. The Kier molecular flexibility index (Phi) is 4.22. The number of rotatable bonds is 4. The maximum atomic E-state index is 13.0. The van der Waals surface area contributed by atoms with Crippen LogP contribution in [0.15, 0.2) is 42.6 Å². The summed E-state index contributed by atoms with van der Waals surface area (Å²) in [7, 11) is 1.66. The van der Waals surface area contributed by atoms with Crippen molar-refractivity contribution in [1.82, 2.24) is 4.98 Å². The van der Waals surface area contributed by atoms with Crippen molar-refractivity contribution in [1.29, 1.82) is 0 Å². The molecule has 114 valence electrons. The maximum absolute atomic E-state index is 13.0. The highest BCUT2D eigenvalue weighted by Crippen LogP contribution is 2.48. The van der Waals surface area contributed by atoms with E-state index in [9.17, 15) is 4.79 Å². The molecule has 1 aromatic heterocycles. The molecule has 0 aliphatic heterocycles. The third-order valence-corrected chi connectivity index (χ3v) is 5.03. The molecule has 0 spiro atoms. The second kappa shape index (κ2) is 5.99. The molecule has 22 heavy (non-hydrogen) atoms. The fraction of sp³-hybridized carbons (Fsp3) is 0.294. The van der Waals surface area contributed by atoms with E-state index in [2.05, 4.69) is 4.98 Å². The number of Topliss-reactive ketones (excluding diaryl/α,β-unsaturated/α-hetero) is 1. The van der Waals surface area contributed by atoms with E-state index in [1.54, 1.807) is 37.6 Å². The van der Waals surface area contributed by atoms with Crippen molar-refractivity contribution in [3.05, 3.63) is 63.9 Å². The molecule has 1 aromatic carbocycles. The van der Waals surface area contributed by atoms with E-state index in [1.807, 2.05) is 12.1 Å². The van der Waals surface area contributed by atoms with E-state index in [0.29, 0.717) is 28.6 Å². The highest BCUT2D eigenvalue weighted by Gasteiger charge is 2.52.